The van der Waals surface area contributed by atoms with Crippen molar-refractivity contribution in [2.24, 2.45) is 0 Å². The number of hydrogen-bond acceptors (Lipinski definition) is 4. The highest BCUT2D eigenvalue weighted by Gasteiger charge is 2.19. The smallest absolute Gasteiger partial charge is 0.277 e. The molecule has 0 amide bonds. The second kappa shape index (κ2) is 4.15. The highest BCUT2D eigenvalue weighted by molar-refractivity contribution is 9.10. The van der Waals surface area contributed by atoms with Gasteiger partial charge >= 0.3 is 5.69 Å². The van der Waals surface area contributed by atoms with E-state index in [9.17, 15) is 18.5 Å². The minimum atomic E-state index is -3.53. The number of anilines is 1. The molecule has 0 unspecified atom stereocenters. The second-order valence-corrected chi connectivity index (χ2v) is 5.37. The highest BCUT2D eigenvalue weighted by Crippen LogP contribution is 2.32. The molecule has 0 saturated heterocycles. The van der Waals surface area contributed by atoms with Crippen LogP contribution in [-0.2, 0) is 10.0 Å². The second-order valence-electron chi connectivity index (χ2n) is 2.77. The molecule has 1 aromatic rings. The van der Waals surface area contributed by atoms with Gasteiger partial charge < -0.3 is 0 Å². The number of hydrogen-bond donors (Lipinski definition) is 1. The van der Waals surface area contributed by atoms with Gasteiger partial charge in [0.05, 0.1) is 15.7 Å². The molecule has 82 valence electrons. The summed E-state index contributed by atoms with van der Waals surface area (Å²) < 4.78 is 24.2. The molecule has 0 heterocycles. The fraction of sp³-hybridized carbons (Fsp3) is 0.143. The summed E-state index contributed by atoms with van der Waals surface area (Å²) in [5, 5.41) is 10.7. The molecule has 1 N–H and O–H groups in total. The molecular formula is C7H7BrN2O4S. The van der Waals surface area contributed by atoms with Crippen molar-refractivity contribution >= 4 is 37.3 Å². The topological polar surface area (TPSA) is 89.3 Å². The van der Waals surface area contributed by atoms with Crippen LogP contribution in [0.4, 0.5) is 11.4 Å². The molecule has 0 saturated carbocycles. The van der Waals surface area contributed by atoms with Crippen LogP contribution in [0.1, 0.15) is 0 Å². The Morgan fingerprint density at radius 1 is 1.47 bits per heavy atom. The van der Waals surface area contributed by atoms with Gasteiger partial charge in [0.1, 0.15) is 5.69 Å². The SMILES string of the molecule is CS(=O)(=O)Nc1cccc(Br)c1[N+](=O)[O-]. The number of sulfonamides is 1. The summed E-state index contributed by atoms with van der Waals surface area (Å²) >= 11 is 2.98. The van der Waals surface area contributed by atoms with Crippen LogP contribution in [0, 0.1) is 10.1 Å². The lowest BCUT2D eigenvalue weighted by atomic mass is 10.3. The first kappa shape index (κ1) is 11.9. The molecule has 15 heavy (non-hydrogen) atoms. The quantitative estimate of drug-likeness (QED) is 0.679. The summed E-state index contributed by atoms with van der Waals surface area (Å²) in [5.74, 6) is 0. The first-order chi connectivity index (χ1) is 6.81. The average Bonchev–Trinajstić information content (AvgIpc) is 1.99. The van der Waals surface area contributed by atoms with E-state index >= 15 is 0 Å². The van der Waals surface area contributed by atoms with Crippen molar-refractivity contribution in [1.82, 2.24) is 0 Å². The maximum atomic E-state index is 10.9. The van der Waals surface area contributed by atoms with E-state index < -0.39 is 14.9 Å². The van der Waals surface area contributed by atoms with E-state index in [4.69, 9.17) is 0 Å². The summed E-state index contributed by atoms with van der Waals surface area (Å²) in [7, 11) is -3.53. The molecule has 0 bridgehead atoms. The van der Waals surface area contributed by atoms with E-state index in [1.165, 1.54) is 18.2 Å². The maximum absolute atomic E-state index is 10.9. The van der Waals surface area contributed by atoms with E-state index in [0.717, 1.165) is 6.26 Å². The Balaban J connectivity index is 3.30. The van der Waals surface area contributed by atoms with Crippen molar-refractivity contribution in [2.45, 2.75) is 0 Å². The number of rotatable bonds is 3. The molecule has 0 aliphatic rings. The van der Waals surface area contributed by atoms with E-state index in [1.807, 2.05) is 0 Å². The van der Waals surface area contributed by atoms with Crippen LogP contribution in [-0.4, -0.2) is 19.6 Å². The molecule has 0 fully saturated rings. The summed E-state index contributed by atoms with van der Waals surface area (Å²) in [5.41, 5.74) is -0.361. The maximum Gasteiger partial charge on any atom is 0.307 e. The lowest BCUT2D eigenvalue weighted by Crippen LogP contribution is -2.11. The van der Waals surface area contributed by atoms with Gasteiger partial charge in [-0.25, -0.2) is 8.42 Å². The predicted molar refractivity (Wildman–Crippen MR) is 59.3 cm³/mol. The van der Waals surface area contributed by atoms with Gasteiger partial charge in [-0.1, -0.05) is 6.07 Å². The van der Waals surface area contributed by atoms with Crippen molar-refractivity contribution in [3.63, 3.8) is 0 Å². The number of nitro groups is 1. The van der Waals surface area contributed by atoms with Gasteiger partial charge in [0.2, 0.25) is 10.0 Å². The Morgan fingerprint density at radius 3 is 2.53 bits per heavy atom. The molecule has 1 rings (SSSR count). The fourth-order valence-electron chi connectivity index (χ4n) is 0.983. The van der Waals surface area contributed by atoms with Crippen molar-refractivity contribution < 1.29 is 13.3 Å². The Kier molecular flexibility index (Phi) is 3.30. The van der Waals surface area contributed by atoms with Crippen LogP contribution in [0.5, 0.6) is 0 Å². The zero-order valence-corrected chi connectivity index (χ0v) is 10.0. The van der Waals surface area contributed by atoms with Crippen LogP contribution in [0.2, 0.25) is 0 Å². The molecule has 0 aliphatic carbocycles. The summed E-state index contributed by atoms with van der Waals surface area (Å²) in [6.07, 6.45) is 0.928. The number of para-hydroxylation sites is 1. The number of nitrogens with one attached hydrogen (secondary N) is 1. The third-order valence-corrected chi connectivity index (χ3v) is 2.70. The Hall–Kier alpha value is -1.15. The molecule has 1 aromatic carbocycles. The molecule has 0 spiro atoms. The van der Waals surface area contributed by atoms with E-state index in [-0.39, 0.29) is 15.8 Å². The van der Waals surface area contributed by atoms with E-state index in [0.29, 0.717) is 0 Å². The lowest BCUT2D eigenvalue weighted by Gasteiger charge is -2.05. The number of nitrogens with zero attached hydrogens (tertiary/aromatic N) is 1. The molecule has 8 heteroatoms. The van der Waals surface area contributed by atoms with Gasteiger partial charge in [-0.3, -0.25) is 14.8 Å². The molecule has 0 aromatic heterocycles. The van der Waals surface area contributed by atoms with Gasteiger partial charge in [-0.15, -0.1) is 0 Å². The van der Waals surface area contributed by atoms with Crippen molar-refractivity contribution in [3.8, 4) is 0 Å². The molecule has 0 aliphatic heterocycles. The van der Waals surface area contributed by atoms with Gasteiger partial charge in [0.25, 0.3) is 0 Å². The average molecular weight is 295 g/mol. The van der Waals surface area contributed by atoms with Crippen LogP contribution in [0.3, 0.4) is 0 Å². The molecule has 0 atom stereocenters. The van der Waals surface area contributed by atoms with E-state index in [1.54, 1.807) is 0 Å². The predicted octanol–water partition coefficient (Wildman–Crippen LogP) is 1.73. The summed E-state index contributed by atoms with van der Waals surface area (Å²) in [4.78, 5) is 10.0. The fourth-order valence-corrected chi connectivity index (χ4v) is 2.06. The van der Waals surface area contributed by atoms with Gasteiger partial charge in [0.15, 0.2) is 0 Å². The van der Waals surface area contributed by atoms with Crippen molar-refractivity contribution in [2.75, 3.05) is 11.0 Å². The lowest BCUT2D eigenvalue weighted by molar-refractivity contribution is -0.384. The van der Waals surface area contributed by atoms with Crippen LogP contribution in [0.25, 0.3) is 0 Å². The van der Waals surface area contributed by atoms with Crippen molar-refractivity contribution in [1.29, 1.82) is 0 Å². The largest absolute Gasteiger partial charge is 0.307 e. The van der Waals surface area contributed by atoms with Crippen LogP contribution >= 0.6 is 15.9 Å². The van der Waals surface area contributed by atoms with Crippen LogP contribution < -0.4 is 4.72 Å². The summed E-state index contributed by atoms with van der Waals surface area (Å²) in [6, 6.07) is 4.29. The zero-order valence-electron chi connectivity index (χ0n) is 7.60. The van der Waals surface area contributed by atoms with Gasteiger partial charge in [0, 0.05) is 0 Å². The molecular weight excluding hydrogens is 288 g/mol. The van der Waals surface area contributed by atoms with E-state index in [2.05, 4.69) is 20.7 Å². The minimum Gasteiger partial charge on any atom is -0.277 e. The molecule has 0 radical (unpaired) electrons. The number of halogens is 1. The van der Waals surface area contributed by atoms with Crippen molar-refractivity contribution in [3.05, 3.63) is 32.8 Å². The van der Waals surface area contributed by atoms with Gasteiger partial charge in [-0.2, -0.15) is 0 Å². The minimum absolute atomic E-state index is 0.0584. The Morgan fingerprint density at radius 2 is 2.07 bits per heavy atom. The first-order valence-electron chi connectivity index (χ1n) is 3.72. The normalized spacial score (nSPS) is 11.1. The number of benzene rings is 1. The highest BCUT2D eigenvalue weighted by atomic mass is 79.9. The zero-order chi connectivity index (χ0) is 11.6. The Labute approximate surface area is 94.6 Å². The molecule has 6 nitrogen and oxygen atoms in total. The standard InChI is InChI=1S/C7H7BrN2O4S/c1-15(13,14)9-6-4-2-3-5(8)7(6)10(11)12/h2-4,9H,1H3. The number of nitro benzene ring substituents is 1. The Bertz CT molecular complexity index is 500. The van der Waals surface area contributed by atoms with Crippen LogP contribution in [0.15, 0.2) is 22.7 Å². The van der Waals surface area contributed by atoms with Gasteiger partial charge in [-0.05, 0) is 28.1 Å². The third kappa shape index (κ3) is 3.17. The monoisotopic (exact) mass is 294 g/mol. The first-order valence-corrected chi connectivity index (χ1v) is 6.40. The third-order valence-electron chi connectivity index (χ3n) is 1.46. The summed E-state index contributed by atoms with van der Waals surface area (Å²) in [6.45, 7) is 0.